The van der Waals surface area contributed by atoms with E-state index in [0.717, 1.165) is 11.5 Å². The molecule has 0 aliphatic heterocycles. The van der Waals surface area contributed by atoms with Crippen LogP contribution in [0.2, 0.25) is 39.3 Å². The maximum atomic E-state index is 5.68. The molecule has 0 aliphatic rings. The average Bonchev–Trinajstić information content (AvgIpc) is 2.46. The molecule has 0 spiro atoms. The molecule has 122 valence electrons. The zero-order chi connectivity index (χ0) is 17.1. The second-order valence-electron chi connectivity index (χ2n) is 7.96. The maximum absolute atomic E-state index is 5.68. The van der Waals surface area contributed by atoms with E-state index in [1.165, 1.54) is 10.4 Å². The third kappa shape index (κ3) is 5.29. The van der Waals surface area contributed by atoms with Gasteiger partial charge in [0.25, 0.3) is 0 Å². The van der Waals surface area contributed by atoms with Gasteiger partial charge < -0.3 is 9.31 Å². The fourth-order valence-electron chi connectivity index (χ4n) is 2.27. The van der Waals surface area contributed by atoms with Crippen LogP contribution in [-0.4, -0.2) is 23.8 Å². The third-order valence-corrected chi connectivity index (χ3v) is 8.02. The minimum atomic E-state index is -1.24. The molecule has 0 aromatic heterocycles. The molecule has 2 nitrogen and oxygen atoms in total. The molecule has 0 saturated heterocycles. The van der Waals surface area contributed by atoms with E-state index in [1.54, 1.807) is 0 Å². The minimum Gasteiger partial charge on any atom is -0.529 e. The fourth-order valence-corrected chi connectivity index (χ4v) is 4.60. The van der Waals surface area contributed by atoms with Crippen LogP contribution in [0, 0.1) is 0 Å². The van der Waals surface area contributed by atoms with Gasteiger partial charge >= 0.3 is 7.69 Å². The molecular formula is C18H27BO2Si2. The summed E-state index contributed by atoms with van der Waals surface area (Å²) >= 11 is 0. The fraction of sp³-hybridized carbons (Fsp3) is 0.333. The van der Waals surface area contributed by atoms with Gasteiger partial charge in [0.1, 0.15) is 11.5 Å². The predicted octanol–water partition coefficient (Wildman–Crippen LogP) is 3.50. The molecule has 2 aromatic carbocycles. The summed E-state index contributed by atoms with van der Waals surface area (Å²) in [4.78, 5) is 0. The van der Waals surface area contributed by atoms with Crippen LogP contribution in [0.15, 0.2) is 48.5 Å². The molecular weight excluding hydrogens is 315 g/mol. The lowest BCUT2D eigenvalue weighted by molar-refractivity contribution is 0.459. The average molecular weight is 342 g/mol. The lowest BCUT2D eigenvalue weighted by Gasteiger charge is -2.17. The second-order valence-corrected chi connectivity index (χ2v) is 18.1. The number of hydrogen-bond acceptors (Lipinski definition) is 2. The van der Waals surface area contributed by atoms with Crippen molar-refractivity contribution in [3.63, 3.8) is 0 Å². The highest BCUT2D eigenvalue weighted by atomic mass is 28.3. The largest absolute Gasteiger partial charge is 0.576 e. The highest BCUT2D eigenvalue weighted by molar-refractivity contribution is 6.89. The third-order valence-electron chi connectivity index (χ3n) is 3.89. The molecule has 0 bridgehead atoms. The van der Waals surface area contributed by atoms with E-state index in [2.05, 4.69) is 63.5 Å². The van der Waals surface area contributed by atoms with Gasteiger partial charge in [-0.1, -0.05) is 73.9 Å². The first kappa shape index (κ1) is 17.9. The summed E-state index contributed by atoms with van der Waals surface area (Å²) in [7, 11) is -2.25. The van der Waals surface area contributed by atoms with E-state index in [-0.39, 0.29) is 7.69 Å². The summed E-state index contributed by atoms with van der Waals surface area (Å²) in [5, 5.41) is 2.88. The first-order chi connectivity index (χ1) is 10.7. The number of benzene rings is 2. The molecule has 2 aromatic rings. The molecule has 0 fully saturated rings. The molecule has 0 atom stereocenters. The molecule has 0 aliphatic carbocycles. The highest BCUT2D eigenvalue weighted by Crippen LogP contribution is 2.13. The quantitative estimate of drug-likeness (QED) is 0.748. The Morgan fingerprint density at radius 1 is 0.565 bits per heavy atom. The molecule has 0 saturated carbocycles. The number of rotatable bonds is 6. The van der Waals surface area contributed by atoms with Crippen LogP contribution in [0.3, 0.4) is 0 Å². The van der Waals surface area contributed by atoms with Crippen LogP contribution >= 0.6 is 0 Å². The Balaban J connectivity index is 1.87. The van der Waals surface area contributed by atoms with Crippen LogP contribution < -0.4 is 19.7 Å². The van der Waals surface area contributed by atoms with Gasteiger partial charge in [-0.25, -0.2) is 0 Å². The van der Waals surface area contributed by atoms with Crippen molar-refractivity contribution < 1.29 is 9.31 Å². The molecule has 2 rings (SSSR count). The predicted molar refractivity (Wildman–Crippen MR) is 107 cm³/mol. The van der Waals surface area contributed by atoms with E-state index < -0.39 is 16.1 Å². The van der Waals surface area contributed by atoms with E-state index >= 15 is 0 Å². The molecule has 0 unspecified atom stereocenters. The van der Waals surface area contributed by atoms with Crippen molar-refractivity contribution in [3.05, 3.63) is 48.5 Å². The van der Waals surface area contributed by atoms with Gasteiger partial charge in [-0.3, -0.25) is 0 Å². The van der Waals surface area contributed by atoms with Crippen molar-refractivity contribution in [2.24, 2.45) is 0 Å². The SMILES string of the molecule is C[Si](C)(C)c1ccc(OBOc2ccc([Si](C)(C)C)cc2)cc1. The van der Waals surface area contributed by atoms with Crippen LogP contribution in [-0.2, 0) is 0 Å². The minimum absolute atomic E-state index is 0.235. The molecule has 0 N–H and O–H groups in total. The zero-order valence-corrected chi connectivity index (χ0v) is 17.1. The summed E-state index contributed by atoms with van der Waals surface area (Å²) in [5.74, 6) is 1.71. The molecule has 23 heavy (non-hydrogen) atoms. The van der Waals surface area contributed by atoms with Gasteiger partial charge in [0.05, 0.1) is 16.1 Å². The van der Waals surface area contributed by atoms with Crippen LogP contribution in [0.5, 0.6) is 11.5 Å². The first-order valence-electron chi connectivity index (χ1n) is 8.13. The van der Waals surface area contributed by atoms with Crippen LogP contribution in [0.25, 0.3) is 0 Å². The summed E-state index contributed by atoms with van der Waals surface area (Å²) in [6.45, 7) is 14.1. The van der Waals surface area contributed by atoms with E-state index in [1.807, 2.05) is 24.3 Å². The maximum Gasteiger partial charge on any atom is 0.576 e. The van der Waals surface area contributed by atoms with Crippen molar-refractivity contribution >= 4 is 34.2 Å². The Hall–Kier alpha value is -1.46. The van der Waals surface area contributed by atoms with E-state index in [0.29, 0.717) is 0 Å². The Morgan fingerprint density at radius 3 is 1.13 bits per heavy atom. The van der Waals surface area contributed by atoms with Gasteiger partial charge in [-0.15, -0.1) is 0 Å². The Labute approximate surface area is 143 Å². The molecule has 0 amide bonds. The van der Waals surface area contributed by atoms with Crippen LogP contribution in [0.4, 0.5) is 0 Å². The normalized spacial score (nSPS) is 11.9. The Bertz CT molecular complexity index is 569. The summed E-state index contributed by atoms with van der Waals surface area (Å²) < 4.78 is 11.4. The Morgan fingerprint density at radius 2 is 0.870 bits per heavy atom. The molecule has 0 radical (unpaired) electrons. The summed E-state index contributed by atoms with van der Waals surface area (Å²) in [6, 6.07) is 16.8. The van der Waals surface area contributed by atoms with Crippen molar-refractivity contribution in [1.82, 2.24) is 0 Å². The van der Waals surface area contributed by atoms with Gasteiger partial charge in [-0.2, -0.15) is 0 Å². The Kier molecular flexibility index (Phi) is 5.42. The highest BCUT2D eigenvalue weighted by Gasteiger charge is 2.16. The van der Waals surface area contributed by atoms with Crippen molar-refractivity contribution in [2.45, 2.75) is 39.3 Å². The van der Waals surface area contributed by atoms with Gasteiger partial charge in [0, 0.05) is 0 Å². The standard InChI is InChI=1S/C18H27BO2Si2/c1-22(2,3)17-11-7-15(8-12-17)20-19-21-16-9-13-18(14-10-16)23(4,5)6/h7-14,19H,1-6H3. The van der Waals surface area contributed by atoms with Crippen molar-refractivity contribution in [2.75, 3.05) is 0 Å². The summed E-state index contributed by atoms with van der Waals surface area (Å²) in [5.41, 5.74) is 0. The molecule has 0 heterocycles. The molecule has 5 heteroatoms. The smallest absolute Gasteiger partial charge is 0.529 e. The van der Waals surface area contributed by atoms with Gasteiger partial charge in [0.2, 0.25) is 0 Å². The summed E-state index contributed by atoms with van der Waals surface area (Å²) in [6.07, 6.45) is 0. The number of hydrogen-bond donors (Lipinski definition) is 0. The van der Waals surface area contributed by atoms with Crippen molar-refractivity contribution in [3.8, 4) is 11.5 Å². The zero-order valence-electron chi connectivity index (χ0n) is 15.1. The first-order valence-corrected chi connectivity index (χ1v) is 15.1. The van der Waals surface area contributed by atoms with Crippen molar-refractivity contribution in [1.29, 1.82) is 0 Å². The van der Waals surface area contributed by atoms with Crippen LogP contribution in [0.1, 0.15) is 0 Å². The monoisotopic (exact) mass is 342 g/mol. The van der Waals surface area contributed by atoms with E-state index in [9.17, 15) is 0 Å². The lowest BCUT2D eigenvalue weighted by atomic mass is 10.3. The van der Waals surface area contributed by atoms with E-state index in [4.69, 9.17) is 9.31 Å². The topological polar surface area (TPSA) is 18.5 Å². The van der Waals surface area contributed by atoms with Gasteiger partial charge in [0.15, 0.2) is 0 Å². The van der Waals surface area contributed by atoms with Gasteiger partial charge in [-0.05, 0) is 24.3 Å². The lowest BCUT2D eigenvalue weighted by Crippen LogP contribution is -2.37. The second kappa shape index (κ2) is 6.97.